The summed E-state index contributed by atoms with van der Waals surface area (Å²) in [7, 11) is 0. The third kappa shape index (κ3) is 7.18. The summed E-state index contributed by atoms with van der Waals surface area (Å²) in [6.07, 6.45) is 0.706. The Hall–Kier alpha value is -3.13. The SMILES string of the molecule is CCCC(NC(=O)c1cccc(C(F)(F)F)c1)C(=O)N1CCN(C/C=C/c2ccccc2)CC1. The van der Waals surface area contributed by atoms with E-state index < -0.39 is 23.7 Å². The first-order valence-electron chi connectivity index (χ1n) is 11.5. The van der Waals surface area contributed by atoms with Crippen molar-refractivity contribution in [2.75, 3.05) is 32.7 Å². The zero-order valence-electron chi connectivity index (χ0n) is 19.2. The number of nitrogens with one attached hydrogen (secondary N) is 1. The first-order chi connectivity index (χ1) is 16.3. The molecule has 3 rings (SSSR count). The van der Waals surface area contributed by atoms with Gasteiger partial charge in [0.05, 0.1) is 5.56 Å². The predicted molar refractivity (Wildman–Crippen MR) is 126 cm³/mol. The van der Waals surface area contributed by atoms with E-state index in [0.717, 1.165) is 24.2 Å². The number of carbonyl (C=O) groups excluding carboxylic acids is 2. The molecular weight excluding hydrogens is 443 g/mol. The maximum absolute atomic E-state index is 13.1. The minimum absolute atomic E-state index is 0.112. The van der Waals surface area contributed by atoms with Crippen molar-refractivity contribution in [3.8, 4) is 0 Å². The Bertz CT molecular complexity index is 984. The molecule has 2 amide bonds. The lowest BCUT2D eigenvalue weighted by Gasteiger charge is -2.36. The average Bonchev–Trinajstić information content (AvgIpc) is 2.84. The van der Waals surface area contributed by atoms with E-state index in [9.17, 15) is 22.8 Å². The number of amides is 2. The summed E-state index contributed by atoms with van der Waals surface area (Å²) in [4.78, 5) is 29.7. The first-order valence-corrected chi connectivity index (χ1v) is 11.5. The number of benzene rings is 2. The molecule has 34 heavy (non-hydrogen) atoms. The minimum atomic E-state index is -4.54. The topological polar surface area (TPSA) is 52.7 Å². The van der Waals surface area contributed by atoms with Crippen molar-refractivity contribution in [1.82, 2.24) is 15.1 Å². The molecule has 0 bridgehead atoms. The molecule has 0 spiro atoms. The Morgan fingerprint density at radius 1 is 1.03 bits per heavy atom. The molecule has 8 heteroatoms. The highest BCUT2D eigenvalue weighted by atomic mass is 19.4. The molecule has 0 aliphatic carbocycles. The zero-order valence-corrected chi connectivity index (χ0v) is 19.2. The van der Waals surface area contributed by atoms with Crippen LogP contribution in [0.4, 0.5) is 13.2 Å². The smallest absolute Gasteiger partial charge is 0.340 e. The van der Waals surface area contributed by atoms with Crippen LogP contribution in [0.1, 0.15) is 41.3 Å². The summed E-state index contributed by atoms with van der Waals surface area (Å²) >= 11 is 0. The standard InChI is InChI=1S/C26H30F3N3O2/c1-2-8-23(30-24(33)21-12-6-13-22(19-21)26(27,28)29)25(34)32-17-15-31(16-18-32)14-7-11-20-9-4-3-5-10-20/h3-7,9-13,19,23H,2,8,14-18H2,1H3,(H,30,33)/b11-7+. The summed E-state index contributed by atoms with van der Waals surface area (Å²) in [5, 5.41) is 2.65. The van der Waals surface area contributed by atoms with Crippen molar-refractivity contribution in [2.45, 2.75) is 32.0 Å². The highest BCUT2D eigenvalue weighted by Gasteiger charge is 2.32. The highest BCUT2D eigenvalue weighted by molar-refractivity contribution is 5.97. The van der Waals surface area contributed by atoms with Gasteiger partial charge >= 0.3 is 6.18 Å². The lowest BCUT2D eigenvalue weighted by atomic mass is 10.1. The fraction of sp³-hybridized carbons (Fsp3) is 0.385. The van der Waals surface area contributed by atoms with Gasteiger partial charge in [-0.05, 0) is 30.2 Å². The number of carbonyl (C=O) groups is 2. The van der Waals surface area contributed by atoms with Crippen LogP contribution in [-0.4, -0.2) is 60.4 Å². The lowest BCUT2D eigenvalue weighted by molar-refractivity contribution is -0.137. The third-order valence-electron chi connectivity index (χ3n) is 5.79. The number of hydrogen-bond acceptors (Lipinski definition) is 3. The Labute approximate surface area is 198 Å². The molecule has 1 saturated heterocycles. The van der Waals surface area contributed by atoms with Crippen LogP contribution < -0.4 is 5.32 Å². The fourth-order valence-corrected chi connectivity index (χ4v) is 3.90. The second kappa shape index (κ2) is 11.8. The van der Waals surface area contributed by atoms with E-state index in [1.807, 2.05) is 37.3 Å². The van der Waals surface area contributed by atoms with Crippen molar-refractivity contribution in [1.29, 1.82) is 0 Å². The maximum Gasteiger partial charge on any atom is 0.416 e. The fourth-order valence-electron chi connectivity index (χ4n) is 3.90. The molecule has 1 heterocycles. The molecule has 1 fully saturated rings. The van der Waals surface area contributed by atoms with Crippen molar-refractivity contribution >= 4 is 17.9 Å². The monoisotopic (exact) mass is 473 g/mol. The molecule has 2 aromatic carbocycles. The number of alkyl halides is 3. The number of piperazine rings is 1. The largest absolute Gasteiger partial charge is 0.416 e. The molecule has 1 unspecified atom stereocenters. The Morgan fingerprint density at radius 2 is 1.74 bits per heavy atom. The molecule has 2 aromatic rings. The van der Waals surface area contributed by atoms with Crippen molar-refractivity contribution in [2.24, 2.45) is 0 Å². The molecular formula is C26H30F3N3O2. The van der Waals surface area contributed by atoms with Gasteiger partial charge in [-0.15, -0.1) is 0 Å². The van der Waals surface area contributed by atoms with E-state index >= 15 is 0 Å². The van der Waals surface area contributed by atoms with E-state index in [0.29, 0.717) is 39.0 Å². The second-order valence-electron chi connectivity index (χ2n) is 8.33. The summed E-state index contributed by atoms with van der Waals surface area (Å²) in [5.74, 6) is -0.871. The Balaban J connectivity index is 1.54. The summed E-state index contributed by atoms with van der Waals surface area (Å²) in [6, 6.07) is 13.5. The molecule has 1 N–H and O–H groups in total. The van der Waals surface area contributed by atoms with Gasteiger partial charge in [0.1, 0.15) is 6.04 Å². The van der Waals surface area contributed by atoms with Crippen LogP contribution in [0.15, 0.2) is 60.7 Å². The second-order valence-corrected chi connectivity index (χ2v) is 8.33. The van der Waals surface area contributed by atoms with Gasteiger partial charge in [0, 0.05) is 38.3 Å². The Morgan fingerprint density at radius 3 is 2.38 bits per heavy atom. The van der Waals surface area contributed by atoms with Crippen molar-refractivity contribution in [3.05, 3.63) is 77.4 Å². The predicted octanol–water partition coefficient (Wildman–Crippen LogP) is 4.46. The molecule has 0 aromatic heterocycles. The first kappa shape index (κ1) is 25.5. The van der Waals surface area contributed by atoms with Gasteiger partial charge < -0.3 is 10.2 Å². The van der Waals surface area contributed by atoms with Gasteiger partial charge in [-0.1, -0.05) is 61.9 Å². The van der Waals surface area contributed by atoms with E-state index in [-0.39, 0.29) is 11.5 Å². The summed E-state index contributed by atoms with van der Waals surface area (Å²) in [6.45, 7) is 5.18. The number of hydrogen-bond donors (Lipinski definition) is 1. The molecule has 1 atom stereocenters. The highest BCUT2D eigenvalue weighted by Crippen LogP contribution is 2.29. The van der Waals surface area contributed by atoms with Crippen LogP contribution in [0, 0.1) is 0 Å². The van der Waals surface area contributed by atoms with E-state index in [4.69, 9.17) is 0 Å². The average molecular weight is 474 g/mol. The van der Waals surface area contributed by atoms with Crippen molar-refractivity contribution < 1.29 is 22.8 Å². The van der Waals surface area contributed by atoms with E-state index in [1.165, 1.54) is 12.1 Å². The maximum atomic E-state index is 13.1. The minimum Gasteiger partial charge on any atom is -0.340 e. The van der Waals surface area contributed by atoms with Gasteiger partial charge in [0.25, 0.3) is 5.91 Å². The van der Waals surface area contributed by atoms with Crippen LogP contribution in [0.5, 0.6) is 0 Å². The summed E-state index contributed by atoms with van der Waals surface area (Å²) in [5.41, 5.74) is 0.130. The van der Waals surface area contributed by atoms with Crippen LogP contribution in [0.2, 0.25) is 0 Å². The molecule has 1 aliphatic heterocycles. The van der Waals surface area contributed by atoms with Crippen LogP contribution >= 0.6 is 0 Å². The van der Waals surface area contributed by atoms with Gasteiger partial charge in [-0.3, -0.25) is 14.5 Å². The molecule has 0 saturated carbocycles. The third-order valence-corrected chi connectivity index (χ3v) is 5.79. The molecule has 182 valence electrons. The van der Waals surface area contributed by atoms with Crippen LogP contribution in [0.3, 0.4) is 0 Å². The number of rotatable bonds is 8. The van der Waals surface area contributed by atoms with Gasteiger partial charge in [0.2, 0.25) is 5.91 Å². The number of nitrogens with zero attached hydrogens (tertiary/aromatic N) is 2. The van der Waals surface area contributed by atoms with Gasteiger partial charge in [0.15, 0.2) is 0 Å². The lowest BCUT2D eigenvalue weighted by Crippen LogP contribution is -2.54. The van der Waals surface area contributed by atoms with Crippen molar-refractivity contribution in [3.63, 3.8) is 0 Å². The van der Waals surface area contributed by atoms with E-state index in [1.54, 1.807) is 4.90 Å². The Kier molecular flexibility index (Phi) is 8.87. The van der Waals surface area contributed by atoms with E-state index in [2.05, 4.69) is 22.4 Å². The normalized spacial score (nSPS) is 15.9. The van der Waals surface area contributed by atoms with Crippen LogP contribution in [0.25, 0.3) is 6.08 Å². The quantitative estimate of drug-likeness (QED) is 0.616. The molecule has 1 aliphatic rings. The number of halogens is 3. The molecule has 5 nitrogen and oxygen atoms in total. The molecule has 0 radical (unpaired) electrons. The van der Waals surface area contributed by atoms with Crippen LogP contribution in [-0.2, 0) is 11.0 Å². The zero-order chi connectivity index (χ0) is 24.6. The van der Waals surface area contributed by atoms with Gasteiger partial charge in [-0.25, -0.2) is 0 Å². The van der Waals surface area contributed by atoms with Gasteiger partial charge in [-0.2, -0.15) is 13.2 Å². The summed E-state index contributed by atoms with van der Waals surface area (Å²) < 4.78 is 38.9.